The third-order valence-electron chi connectivity index (χ3n) is 3.83. The summed E-state index contributed by atoms with van der Waals surface area (Å²) in [6.07, 6.45) is 0. The summed E-state index contributed by atoms with van der Waals surface area (Å²) >= 11 is 6.35. The van der Waals surface area contributed by atoms with Gasteiger partial charge in [0.25, 0.3) is 0 Å². The number of hydrogen-bond donors (Lipinski definition) is 1. The topological polar surface area (TPSA) is 29.3 Å². The van der Waals surface area contributed by atoms with Gasteiger partial charge in [-0.1, -0.05) is 31.5 Å². The second kappa shape index (κ2) is 4.87. The van der Waals surface area contributed by atoms with Crippen molar-refractivity contribution in [2.75, 3.05) is 18.0 Å². The molecule has 0 aliphatic carbocycles. The molecule has 0 spiro atoms. The summed E-state index contributed by atoms with van der Waals surface area (Å²) < 4.78 is 0. The second-order valence-electron chi connectivity index (χ2n) is 5.36. The predicted molar refractivity (Wildman–Crippen MR) is 74.6 cm³/mol. The van der Waals surface area contributed by atoms with Crippen LogP contribution in [0.3, 0.4) is 0 Å². The molecular formula is C14H21ClN2. The molecule has 2 N–H and O–H groups in total. The van der Waals surface area contributed by atoms with Crippen LogP contribution in [0, 0.1) is 11.8 Å². The molecule has 0 bridgehead atoms. The van der Waals surface area contributed by atoms with E-state index >= 15 is 0 Å². The van der Waals surface area contributed by atoms with Gasteiger partial charge in [0.2, 0.25) is 0 Å². The highest BCUT2D eigenvalue weighted by molar-refractivity contribution is 6.33. The van der Waals surface area contributed by atoms with E-state index in [0.29, 0.717) is 0 Å². The number of halogens is 1. The van der Waals surface area contributed by atoms with E-state index in [-0.39, 0.29) is 6.04 Å². The molecule has 94 valence electrons. The number of rotatable bonds is 2. The lowest BCUT2D eigenvalue weighted by Gasteiger charge is -2.21. The zero-order chi connectivity index (χ0) is 12.6. The number of anilines is 1. The first-order valence-electron chi connectivity index (χ1n) is 6.29. The molecule has 1 fully saturated rings. The van der Waals surface area contributed by atoms with Gasteiger partial charge in [-0.25, -0.2) is 0 Å². The van der Waals surface area contributed by atoms with Crippen LogP contribution in [0.4, 0.5) is 5.69 Å². The van der Waals surface area contributed by atoms with Crippen LogP contribution in [0.1, 0.15) is 32.4 Å². The normalized spacial score (nSPS) is 26.3. The average Bonchev–Trinajstić information content (AvgIpc) is 2.58. The predicted octanol–water partition coefficient (Wildman–Crippen LogP) is 3.45. The van der Waals surface area contributed by atoms with Crippen LogP contribution in [0.2, 0.25) is 5.02 Å². The Labute approximate surface area is 109 Å². The lowest BCUT2D eigenvalue weighted by Crippen LogP contribution is -2.20. The molecule has 1 aliphatic heterocycles. The molecule has 1 saturated heterocycles. The van der Waals surface area contributed by atoms with Crippen molar-refractivity contribution in [3.8, 4) is 0 Å². The summed E-state index contributed by atoms with van der Waals surface area (Å²) in [7, 11) is 0. The minimum atomic E-state index is 0.0398. The van der Waals surface area contributed by atoms with E-state index in [1.54, 1.807) is 0 Å². The standard InChI is InChI=1S/C14H21ClN2/c1-9-7-17(8-10(9)2)14-5-4-12(11(3)16)6-13(14)15/h4-6,9-11H,7-8,16H2,1-3H3/t9?,10?,11-/m0/s1. The summed E-state index contributed by atoms with van der Waals surface area (Å²) in [6.45, 7) is 8.77. The monoisotopic (exact) mass is 252 g/mol. The summed E-state index contributed by atoms with van der Waals surface area (Å²) in [5, 5.41) is 0.820. The summed E-state index contributed by atoms with van der Waals surface area (Å²) in [5.41, 5.74) is 8.10. The van der Waals surface area contributed by atoms with Gasteiger partial charge in [0.15, 0.2) is 0 Å². The Balaban J connectivity index is 2.23. The van der Waals surface area contributed by atoms with Crippen molar-refractivity contribution in [3.05, 3.63) is 28.8 Å². The fourth-order valence-corrected chi connectivity index (χ4v) is 2.70. The summed E-state index contributed by atoms with van der Waals surface area (Å²) in [5.74, 6) is 1.47. The Kier molecular flexibility index (Phi) is 3.64. The molecule has 1 heterocycles. The van der Waals surface area contributed by atoms with Crippen LogP contribution in [0.15, 0.2) is 18.2 Å². The van der Waals surface area contributed by atoms with E-state index in [1.807, 2.05) is 13.0 Å². The Morgan fingerprint density at radius 1 is 1.29 bits per heavy atom. The Bertz CT molecular complexity index is 393. The van der Waals surface area contributed by atoms with Crippen molar-refractivity contribution < 1.29 is 0 Å². The van der Waals surface area contributed by atoms with Crippen molar-refractivity contribution in [1.82, 2.24) is 0 Å². The van der Waals surface area contributed by atoms with Gasteiger partial charge in [0.05, 0.1) is 10.7 Å². The van der Waals surface area contributed by atoms with Gasteiger partial charge in [0.1, 0.15) is 0 Å². The van der Waals surface area contributed by atoms with Crippen LogP contribution >= 0.6 is 11.6 Å². The van der Waals surface area contributed by atoms with Crippen LogP contribution in [0.25, 0.3) is 0 Å². The van der Waals surface area contributed by atoms with E-state index in [2.05, 4.69) is 30.9 Å². The van der Waals surface area contributed by atoms with Crippen molar-refractivity contribution in [2.45, 2.75) is 26.8 Å². The van der Waals surface area contributed by atoms with Crippen molar-refractivity contribution in [3.63, 3.8) is 0 Å². The molecule has 3 heteroatoms. The highest BCUT2D eigenvalue weighted by atomic mass is 35.5. The average molecular weight is 253 g/mol. The third kappa shape index (κ3) is 2.58. The molecular weight excluding hydrogens is 232 g/mol. The van der Waals surface area contributed by atoms with Gasteiger partial charge in [-0.3, -0.25) is 0 Å². The maximum absolute atomic E-state index is 6.35. The van der Waals surface area contributed by atoms with Gasteiger partial charge in [0, 0.05) is 19.1 Å². The zero-order valence-corrected chi connectivity index (χ0v) is 11.5. The molecule has 1 aromatic rings. The first kappa shape index (κ1) is 12.7. The third-order valence-corrected chi connectivity index (χ3v) is 4.13. The number of benzene rings is 1. The minimum Gasteiger partial charge on any atom is -0.370 e. The van der Waals surface area contributed by atoms with Gasteiger partial charge < -0.3 is 10.6 Å². The van der Waals surface area contributed by atoms with Crippen LogP contribution in [0.5, 0.6) is 0 Å². The first-order chi connectivity index (χ1) is 7.99. The summed E-state index contributed by atoms with van der Waals surface area (Å²) in [6, 6.07) is 6.22. The van der Waals surface area contributed by atoms with E-state index in [0.717, 1.165) is 41.2 Å². The van der Waals surface area contributed by atoms with E-state index in [1.165, 1.54) is 0 Å². The van der Waals surface area contributed by atoms with Crippen LogP contribution in [-0.2, 0) is 0 Å². The van der Waals surface area contributed by atoms with Gasteiger partial charge >= 0.3 is 0 Å². The quantitative estimate of drug-likeness (QED) is 0.874. The maximum Gasteiger partial charge on any atom is 0.0642 e. The fourth-order valence-electron chi connectivity index (χ4n) is 2.39. The highest BCUT2D eigenvalue weighted by Gasteiger charge is 2.27. The second-order valence-corrected chi connectivity index (χ2v) is 5.77. The van der Waals surface area contributed by atoms with Crippen molar-refractivity contribution >= 4 is 17.3 Å². The molecule has 3 atom stereocenters. The molecule has 0 amide bonds. The fraction of sp³-hybridized carbons (Fsp3) is 0.571. The number of hydrogen-bond acceptors (Lipinski definition) is 2. The maximum atomic E-state index is 6.35. The molecule has 17 heavy (non-hydrogen) atoms. The lowest BCUT2D eigenvalue weighted by atomic mass is 10.0. The minimum absolute atomic E-state index is 0.0398. The summed E-state index contributed by atoms with van der Waals surface area (Å²) in [4.78, 5) is 2.38. The first-order valence-corrected chi connectivity index (χ1v) is 6.66. The molecule has 1 aliphatic rings. The Morgan fingerprint density at radius 3 is 2.35 bits per heavy atom. The molecule has 1 aromatic carbocycles. The Hall–Kier alpha value is -0.730. The lowest BCUT2D eigenvalue weighted by molar-refractivity contribution is 0.494. The molecule has 0 aromatic heterocycles. The van der Waals surface area contributed by atoms with E-state index in [4.69, 9.17) is 17.3 Å². The Morgan fingerprint density at radius 2 is 1.88 bits per heavy atom. The van der Waals surface area contributed by atoms with Gasteiger partial charge in [-0.15, -0.1) is 0 Å². The van der Waals surface area contributed by atoms with Crippen molar-refractivity contribution in [2.24, 2.45) is 17.6 Å². The number of nitrogens with zero attached hydrogens (tertiary/aromatic N) is 1. The van der Waals surface area contributed by atoms with E-state index < -0.39 is 0 Å². The SMILES string of the molecule is CC1CN(c2ccc([C@H](C)N)cc2Cl)CC1C. The number of nitrogens with two attached hydrogens (primary N) is 1. The highest BCUT2D eigenvalue weighted by Crippen LogP contribution is 2.33. The molecule has 2 unspecified atom stereocenters. The van der Waals surface area contributed by atoms with Gasteiger partial charge in [-0.05, 0) is 36.5 Å². The smallest absolute Gasteiger partial charge is 0.0642 e. The van der Waals surface area contributed by atoms with Crippen LogP contribution < -0.4 is 10.6 Å². The zero-order valence-electron chi connectivity index (χ0n) is 10.8. The molecule has 0 saturated carbocycles. The van der Waals surface area contributed by atoms with Crippen molar-refractivity contribution in [1.29, 1.82) is 0 Å². The molecule has 0 radical (unpaired) electrons. The van der Waals surface area contributed by atoms with Crippen LogP contribution in [-0.4, -0.2) is 13.1 Å². The molecule has 2 rings (SSSR count). The van der Waals surface area contributed by atoms with Gasteiger partial charge in [-0.2, -0.15) is 0 Å². The van der Waals surface area contributed by atoms with E-state index in [9.17, 15) is 0 Å². The molecule has 2 nitrogen and oxygen atoms in total. The largest absolute Gasteiger partial charge is 0.370 e.